The average Bonchev–Trinajstić information content (AvgIpc) is 3.05. The topological polar surface area (TPSA) is 17.8 Å². The third-order valence-corrected chi connectivity index (χ3v) is 5.21. The van der Waals surface area contributed by atoms with E-state index in [0.717, 1.165) is 29.8 Å². The van der Waals surface area contributed by atoms with E-state index in [2.05, 4.69) is 28.6 Å². The Bertz CT molecular complexity index is 774. The molecule has 5 heteroatoms. The lowest BCUT2D eigenvalue weighted by Gasteiger charge is -2.09. The van der Waals surface area contributed by atoms with Gasteiger partial charge in [-0.1, -0.05) is 24.6 Å². The highest BCUT2D eigenvalue weighted by molar-refractivity contribution is 7.11. The zero-order valence-electron chi connectivity index (χ0n) is 11.9. The maximum atomic E-state index is 6.31. The van der Waals surface area contributed by atoms with Crippen molar-refractivity contribution < 1.29 is 0 Å². The number of rotatable bonds is 4. The van der Waals surface area contributed by atoms with Crippen molar-refractivity contribution in [3.8, 4) is 0 Å². The summed E-state index contributed by atoms with van der Waals surface area (Å²) in [4.78, 5) is 7.34. The van der Waals surface area contributed by atoms with E-state index in [4.69, 9.17) is 23.2 Å². The van der Waals surface area contributed by atoms with E-state index < -0.39 is 0 Å². The van der Waals surface area contributed by atoms with Gasteiger partial charge in [0.05, 0.1) is 22.5 Å². The highest BCUT2D eigenvalue weighted by atomic mass is 35.5. The second kappa shape index (κ2) is 5.99. The van der Waals surface area contributed by atoms with Gasteiger partial charge in [0.15, 0.2) is 0 Å². The average molecular weight is 339 g/mol. The number of nitrogens with zero attached hydrogens (tertiary/aromatic N) is 2. The largest absolute Gasteiger partial charge is 0.321 e. The molecule has 2 aromatic heterocycles. The minimum atomic E-state index is -0.154. The minimum Gasteiger partial charge on any atom is -0.321 e. The van der Waals surface area contributed by atoms with Crippen molar-refractivity contribution in [1.29, 1.82) is 0 Å². The predicted octanol–water partition coefficient (Wildman–Crippen LogP) is 5.66. The van der Waals surface area contributed by atoms with E-state index in [0.29, 0.717) is 5.02 Å². The Labute approximate surface area is 138 Å². The Morgan fingerprint density at radius 2 is 2.00 bits per heavy atom. The molecule has 110 valence electrons. The minimum absolute atomic E-state index is 0.154. The molecule has 0 amide bonds. The van der Waals surface area contributed by atoms with Crippen molar-refractivity contribution in [3.05, 3.63) is 50.9 Å². The zero-order valence-corrected chi connectivity index (χ0v) is 14.3. The number of aryl methyl sites for hydroxylation is 1. The molecule has 0 spiro atoms. The third-order valence-electron chi connectivity index (χ3n) is 3.49. The number of hydrogen-bond acceptors (Lipinski definition) is 2. The highest BCUT2D eigenvalue weighted by Crippen LogP contribution is 2.30. The molecule has 3 aromatic rings. The third kappa shape index (κ3) is 2.83. The maximum Gasteiger partial charge on any atom is 0.128 e. The van der Waals surface area contributed by atoms with Gasteiger partial charge >= 0.3 is 0 Å². The summed E-state index contributed by atoms with van der Waals surface area (Å²) in [5, 5.41) is 0.518. The van der Waals surface area contributed by atoms with Crippen LogP contribution in [0.2, 0.25) is 5.02 Å². The SMILES string of the molecule is CCc1ccc(Cn2c(C(C)Cl)nc3c(Cl)cccc32)s1. The van der Waals surface area contributed by atoms with Crippen LogP contribution in [0.1, 0.15) is 34.8 Å². The van der Waals surface area contributed by atoms with Crippen LogP contribution in [0.25, 0.3) is 11.0 Å². The van der Waals surface area contributed by atoms with E-state index in [1.807, 2.05) is 36.5 Å². The van der Waals surface area contributed by atoms with Crippen molar-refractivity contribution in [1.82, 2.24) is 9.55 Å². The summed E-state index contributed by atoms with van der Waals surface area (Å²) >= 11 is 14.4. The van der Waals surface area contributed by atoms with Gasteiger partial charge in [0.1, 0.15) is 11.3 Å². The summed E-state index contributed by atoms with van der Waals surface area (Å²) in [5.41, 5.74) is 1.87. The monoisotopic (exact) mass is 338 g/mol. The van der Waals surface area contributed by atoms with Crippen molar-refractivity contribution in [2.24, 2.45) is 0 Å². The number of thiophene rings is 1. The number of para-hydroxylation sites is 1. The number of imidazole rings is 1. The molecule has 3 rings (SSSR count). The molecular formula is C16H16Cl2N2S. The summed E-state index contributed by atoms with van der Waals surface area (Å²) in [7, 11) is 0. The van der Waals surface area contributed by atoms with Gasteiger partial charge in [-0.3, -0.25) is 0 Å². The lowest BCUT2D eigenvalue weighted by Crippen LogP contribution is -2.04. The van der Waals surface area contributed by atoms with Gasteiger partial charge in [-0.2, -0.15) is 0 Å². The van der Waals surface area contributed by atoms with Crippen molar-refractivity contribution in [2.75, 3.05) is 0 Å². The van der Waals surface area contributed by atoms with Crippen LogP contribution in [0.4, 0.5) is 0 Å². The number of fused-ring (bicyclic) bond motifs is 1. The molecule has 0 aliphatic heterocycles. The second-order valence-corrected chi connectivity index (χ2v) is 7.32. The van der Waals surface area contributed by atoms with Gasteiger partial charge in [0.25, 0.3) is 0 Å². The first-order valence-corrected chi connectivity index (χ1v) is 8.59. The molecule has 2 nitrogen and oxygen atoms in total. The molecular weight excluding hydrogens is 323 g/mol. The zero-order chi connectivity index (χ0) is 15.0. The number of halogens is 2. The van der Waals surface area contributed by atoms with Crippen molar-refractivity contribution in [2.45, 2.75) is 32.2 Å². The number of benzene rings is 1. The van der Waals surface area contributed by atoms with Crippen LogP contribution in [-0.2, 0) is 13.0 Å². The van der Waals surface area contributed by atoms with Crippen LogP contribution >= 0.6 is 34.5 Å². The quantitative estimate of drug-likeness (QED) is 0.561. The number of aromatic nitrogens is 2. The first kappa shape index (κ1) is 14.9. The van der Waals surface area contributed by atoms with Gasteiger partial charge in [0.2, 0.25) is 0 Å². The summed E-state index contributed by atoms with van der Waals surface area (Å²) < 4.78 is 2.17. The molecule has 0 saturated heterocycles. The molecule has 0 aliphatic rings. The van der Waals surface area contributed by atoms with E-state index in [1.165, 1.54) is 9.75 Å². The standard InChI is InChI=1S/C16H16Cl2N2S/c1-3-11-7-8-12(21-11)9-20-14-6-4-5-13(18)15(14)19-16(20)10(2)17/h4-8,10H,3,9H2,1-2H3. The lowest BCUT2D eigenvalue weighted by molar-refractivity contribution is 0.750. The predicted molar refractivity (Wildman–Crippen MR) is 91.8 cm³/mol. The Hall–Kier alpha value is -1.03. The first-order chi connectivity index (χ1) is 10.1. The molecule has 1 aromatic carbocycles. The Morgan fingerprint density at radius 1 is 1.24 bits per heavy atom. The van der Waals surface area contributed by atoms with Gasteiger partial charge in [-0.15, -0.1) is 22.9 Å². The Morgan fingerprint density at radius 3 is 2.67 bits per heavy atom. The summed E-state index contributed by atoms with van der Waals surface area (Å²) in [6, 6.07) is 10.2. The summed E-state index contributed by atoms with van der Waals surface area (Å²) in [6.07, 6.45) is 1.07. The van der Waals surface area contributed by atoms with Crippen molar-refractivity contribution in [3.63, 3.8) is 0 Å². The smallest absolute Gasteiger partial charge is 0.128 e. The van der Waals surface area contributed by atoms with E-state index in [9.17, 15) is 0 Å². The van der Waals surface area contributed by atoms with Crippen LogP contribution < -0.4 is 0 Å². The molecule has 0 saturated carbocycles. The molecule has 1 atom stereocenters. The maximum absolute atomic E-state index is 6.31. The molecule has 0 bridgehead atoms. The second-order valence-electron chi connectivity index (χ2n) is 5.00. The first-order valence-electron chi connectivity index (χ1n) is 6.96. The molecule has 1 unspecified atom stereocenters. The summed E-state index contributed by atoms with van der Waals surface area (Å²) in [5.74, 6) is 0.867. The van der Waals surface area contributed by atoms with Gasteiger partial charge in [-0.05, 0) is 37.6 Å². The van der Waals surface area contributed by atoms with Gasteiger partial charge in [-0.25, -0.2) is 4.98 Å². The number of alkyl halides is 1. The fourth-order valence-electron chi connectivity index (χ4n) is 2.45. The molecule has 2 heterocycles. The molecule has 21 heavy (non-hydrogen) atoms. The highest BCUT2D eigenvalue weighted by Gasteiger charge is 2.17. The van der Waals surface area contributed by atoms with E-state index in [1.54, 1.807) is 0 Å². The fraction of sp³-hybridized carbons (Fsp3) is 0.312. The molecule has 0 fully saturated rings. The van der Waals surface area contributed by atoms with Crippen molar-refractivity contribution >= 4 is 45.6 Å². The normalized spacial score (nSPS) is 13.0. The van der Waals surface area contributed by atoms with Crippen LogP contribution in [0, 0.1) is 0 Å². The van der Waals surface area contributed by atoms with Crippen LogP contribution in [0.15, 0.2) is 30.3 Å². The summed E-state index contributed by atoms with van der Waals surface area (Å²) in [6.45, 7) is 4.90. The fourth-order valence-corrected chi connectivity index (χ4v) is 3.78. The van der Waals surface area contributed by atoms with E-state index in [-0.39, 0.29) is 5.38 Å². The lowest BCUT2D eigenvalue weighted by atomic mass is 10.3. The van der Waals surface area contributed by atoms with Gasteiger partial charge in [0, 0.05) is 9.75 Å². The number of hydrogen-bond donors (Lipinski definition) is 0. The van der Waals surface area contributed by atoms with Crippen LogP contribution in [0.3, 0.4) is 0 Å². The Balaban J connectivity index is 2.11. The molecule has 0 radical (unpaired) electrons. The van der Waals surface area contributed by atoms with Gasteiger partial charge < -0.3 is 4.57 Å². The van der Waals surface area contributed by atoms with Crippen LogP contribution in [-0.4, -0.2) is 9.55 Å². The molecule has 0 N–H and O–H groups in total. The van der Waals surface area contributed by atoms with E-state index >= 15 is 0 Å². The Kier molecular flexibility index (Phi) is 4.25. The van der Waals surface area contributed by atoms with Crippen LogP contribution in [0.5, 0.6) is 0 Å². The molecule has 0 aliphatic carbocycles.